The number of hydrogen-bond acceptors (Lipinski definition) is 2. The van der Waals surface area contributed by atoms with E-state index >= 15 is 0 Å². The predicted octanol–water partition coefficient (Wildman–Crippen LogP) is 4.35. The third kappa shape index (κ3) is 2.94. The molecule has 23 heavy (non-hydrogen) atoms. The van der Waals surface area contributed by atoms with Gasteiger partial charge in [-0.3, -0.25) is 4.79 Å². The number of benzene rings is 2. The zero-order valence-electron chi connectivity index (χ0n) is 13.4. The van der Waals surface area contributed by atoms with Crippen LogP contribution >= 0.6 is 11.6 Å². The van der Waals surface area contributed by atoms with Crippen molar-refractivity contribution in [1.29, 1.82) is 0 Å². The molecule has 0 aliphatic rings. The zero-order valence-corrected chi connectivity index (χ0v) is 14.1. The standard InChI is InChI=1S/C18H18ClN3O/c1-4-17-20-15-10-12(5-8-16(15)22(17)3)18(23)21-14-7-6-13(19)9-11(14)2/h5-10H,4H2,1-3H3,(H,21,23). The van der Waals surface area contributed by atoms with Crippen LogP contribution in [0.3, 0.4) is 0 Å². The molecule has 2 aromatic carbocycles. The van der Waals surface area contributed by atoms with E-state index in [1.165, 1.54) is 0 Å². The van der Waals surface area contributed by atoms with Crippen molar-refractivity contribution in [3.05, 3.63) is 58.4 Å². The molecular formula is C18H18ClN3O. The van der Waals surface area contributed by atoms with Crippen LogP contribution in [-0.2, 0) is 13.5 Å². The fourth-order valence-electron chi connectivity index (χ4n) is 2.67. The number of carbonyl (C=O) groups is 1. The molecule has 1 aromatic heterocycles. The van der Waals surface area contributed by atoms with Crippen LogP contribution in [0.5, 0.6) is 0 Å². The lowest BCUT2D eigenvalue weighted by atomic mass is 10.1. The van der Waals surface area contributed by atoms with Gasteiger partial charge in [0, 0.05) is 29.7 Å². The number of aryl methyl sites for hydroxylation is 3. The molecule has 1 amide bonds. The van der Waals surface area contributed by atoms with Crippen LogP contribution in [0.1, 0.15) is 28.7 Å². The number of aromatic nitrogens is 2. The van der Waals surface area contributed by atoms with Gasteiger partial charge in [0.1, 0.15) is 5.82 Å². The van der Waals surface area contributed by atoms with Crippen LogP contribution in [0.2, 0.25) is 5.02 Å². The van der Waals surface area contributed by atoms with Gasteiger partial charge < -0.3 is 9.88 Å². The number of carbonyl (C=O) groups excluding carboxylic acids is 1. The second kappa shape index (κ2) is 6.05. The fourth-order valence-corrected chi connectivity index (χ4v) is 2.90. The van der Waals surface area contributed by atoms with Crippen molar-refractivity contribution in [2.45, 2.75) is 20.3 Å². The largest absolute Gasteiger partial charge is 0.331 e. The second-order valence-electron chi connectivity index (χ2n) is 5.56. The Kier molecular flexibility index (Phi) is 4.09. The van der Waals surface area contributed by atoms with E-state index in [4.69, 9.17) is 11.6 Å². The van der Waals surface area contributed by atoms with E-state index in [0.717, 1.165) is 34.5 Å². The van der Waals surface area contributed by atoms with Crippen molar-refractivity contribution in [2.75, 3.05) is 5.32 Å². The molecule has 1 heterocycles. The summed E-state index contributed by atoms with van der Waals surface area (Å²) in [5, 5.41) is 3.58. The Morgan fingerprint density at radius 1 is 1.26 bits per heavy atom. The highest BCUT2D eigenvalue weighted by Gasteiger charge is 2.12. The molecular weight excluding hydrogens is 310 g/mol. The highest BCUT2D eigenvalue weighted by molar-refractivity contribution is 6.30. The van der Waals surface area contributed by atoms with Crippen molar-refractivity contribution < 1.29 is 4.79 Å². The maximum absolute atomic E-state index is 12.5. The Morgan fingerprint density at radius 3 is 2.74 bits per heavy atom. The molecule has 0 fully saturated rings. The number of hydrogen-bond donors (Lipinski definition) is 1. The van der Waals surface area contributed by atoms with E-state index in [2.05, 4.69) is 21.8 Å². The van der Waals surface area contributed by atoms with Crippen molar-refractivity contribution in [2.24, 2.45) is 7.05 Å². The molecule has 5 heteroatoms. The molecule has 0 saturated heterocycles. The van der Waals surface area contributed by atoms with E-state index in [1.54, 1.807) is 6.07 Å². The van der Waals surface area contributed by atoms with Crippen molar-refractivity contribution >= 4 is 34.2 Å². The third-order valence-corrected chi connectivity index (χ3v) is 4.22. The average molecular weight is 328 g/mol. The number of anilines is 1. The van der Waals surface area contributed by atoms with Gasteiger partial charge in [0.25, 0.3) is 5.91 Å². The predicted molar refractivity (Wildman–Crippen MR) is 94.2 cm³/mol. The van der Waals surface area contributed by atoms with Gasteiger partial charge in [-0.25, -0.2) is 4.98 Å². The molecule has 0 aliphatic carbocycles. The quantitative estimate of drug-likeness (QED) is 0.777. The lowest BCUT2D eigenvalue weighted by molar-refractivity contribution is 0.102. The summed E-state index contributed by atoms with van der Waals surface area (Å²) in [6, 6.07) is 11.0. The van der Waals surface area contributed by atoms with Crippen LogP contribution in [0.15, 0.2) is 36.4 Å². The topological polar surface area (TPSA) is 46.9 Å². The second-order valence-corrected chi connectivity index (χ2v) is 5.99. The number of nitrogens with zero attached hydrogens (tertiary/aromatic N) is 2. The highest BCUT2D eigenvalue weighted by Crippen LogP contribution is 2.22. The molecule has 3 rings (SSSR count). The van der Waals surface area contributed by atoms with Crippen LogP contribution in [0.4, 0.5) is 5.69 Å². The minimum Gasteiger partial charge on any atom is -0.331 e. The number of nitrogens with one attached hydrogen (secondary N) is 1. The minimum atomic E-state index is -0.152. The Morgan fingerprint density at radius 2 is 2.04 bits per heavy atom. The first-order valence-corrected chi connectivity index (χ1v) is 7.90. The van der Waals surface area contributed by atoms with Crippen molar-refractivity contribution in [1.82, 2.24) is 9.55 Å². The summed E-state index contributed by atoms with van der Waals surface area (Å²) in [6.07, 6.45) is 0.858. The number of halogens is 1. The lowest BCUT2D eigenvalue weighted by Crippen LogP contribution is -2.12. The Bertz CT molecular complexity index is 899. The molecule has 0 unspecified atom stereocenters. The van der Waals surface area contributed by atoms with Gasteiger partial charge in [0.2, 0.25) is 0 Å². The lowest BCUT2D eigenvalue weighted by Gasteiger charge is -2.09. The number of rotatable bonds is 3. The summed E-state index contributed by atoms with van der Waals surface area (Å²) < 4.78 is 2.06. The van der Waals surface area contributed by atoms with E-state index in [1.807, 2.05) is 44.3 Å². The summed E-state index contributed by atoms with van der Waals surface area (Å²) in [4.78, 5) is 17.1. The molecule has 0 spiro atoms. The molecule has 0 radical (unpaired) electrons. The van der Waals surface area contributed by atoms with Gasteiger partial charge in [-0.15, -0.1) is 0 Å². The summed E-state index contributed by atoms with van der Waals surface area (Å²) in [5.74, 6) is 0.854. The first-order valence-electron chi connectivity index (χ1n) is 7.52. The van der Waals surface area contributed by atoms with E-state index in [0.29, 0.717) is 10.6 Å². The molecule has 0 saturated carbocycles. The maximum Gasteiger partial charge on any atom is 0.255 e. The number of amides is 1. The SMILES string of the molecule is CCc1nc2cc(C(=O)Nc3ccc(Cl)cc3C)ccc2n1C. The molecule has 0 aliphatic heterocycles. The summed E-state index contributed by atoms with van der Waals surface area (Å²) in [5.41, 5.74) is 4.14. The van der Waals surface area contributed by atoms with Crippen LogP contribution < -0.4 is 5.32 Å². The number of fused-ring (bicyclic) bond motifs is 1. The van der Waals surface area contributed by atoms with Crippen LogP contribution in [0.25, 0.3) is 11.0 Å². The average Bonchev–Trinajstić information content (AvgIpc) is 2.85. The van der Waals surface area contributed by atoms with Gasteiger partial charge in [-0.2, -0.15) is 0 Å². The molecule has 118 valence electrons. The monoisotopic (exact) mass is 327 g/mol. The molecule has 3 aromatic rings. The van der Waals surface area contributed by atoms with Gasteiger partial charge in [0.15, 0.2) is 0 Å². The Hall–Kier alpha value is -2.33. The molecule has 0 atom stereocenters. The minimum absolute atomic E-state index is 0.152. The van der Waals surface area contributed by atoms with Crippen molar-refractivity contribution in [3.63, 3.8) is 0 Å². The normalized spacial score (nSPS) is 11.0. The van der Waals surface area contributed by atoms with E-state index < -0.39 is 0 Å². The van der Waals surface area contributed by atoms with Crippen LogP contribution in [0, 0.1) is 6.92 Å². The molecule has 0 bridgehead atoms. The third-order valence-electron chi connectivity index (χ3n) is 3.99. The number of imidazole rings is 1. The fraction of sp³-hybridized carbons (Fsp3) is 0.222. The van der Waals surface area contributed by atoms with Gasteiger partial charge in [-0.1, -0.05) is 18.5 Å². The summed E-state index contributed by atoms with van der Waals surface area (Å²) in [7, 11) is 1.99. The summed E-state index contributed by atoms with van der Waals surface area (Å²) >= 11 is 5.94. The first-order chi connectivity index (χ1) is 11.0. The van der Waals surface area contributed by atoms with Gasteiger partial charge in [-0.05, 0) is 48.9 Å². The van der Waals surface area contributed by atoms with E-state index in [9.17, 15) is 4.79 Å². The van der Waals surface area contributed by atoms with Gasteiger partial charge in [0.05, 0.1) is 11.0 Å². The molecule has 1 N–H and O–H groups in total. The maximum atomic E-state index is 12.5. The molecule has 4 nitrogen and oxygen atoms in total. The highest BCUT2D eigenvalue weighted by atomic mass is 35.5. The Labute approximate surface area is 140 Å². The van der Waals surface area contributed by atoms with Crippen LogP contribution in [-0.4, -0.2) is 15.5 Å². The first kappa shape index (κ1) is 15.6. The van der Waals surface area contributed by atoms with Crippen molar-refractivity contribution in [3.8, 4) is 0 Å². The van der Waals surface area contributed by atoms with E-state index in [-0.39, 0.29) is 5.91 Å². The zero-order chi connectivity index (χ0) is 16.6. The summed E-state index contributed by atoms with van der Waals surface area (Å²) in [6.45, 7) is 3.98. The Balaban J connectivity index is 1.91. The van der Waals surface area contributed by atoms with Gasteiger partial charge >= 0.3 is 0 Å². The smallest absolute Gasteiger partial charge is 0.255 e.